The van der Waals surface area contributed by atoms with E-state index in [0.29, 0.717) is 53.7 Å². The number of carbonyl (C=O) groups is 2. The van der Waals surface area contributed by atoms with Crippen molar-refractivity contribution in [2.45, 2.75) is 57.2 Å². The van der Waals surface area contributed by atoms with E-state index in [-0.39, 0.29) is 12.3 Å². The van der Waals surface area contributed by atoms with Crippen LogP contribution in [0.1, 0.15) is 45.4 Å². The summed E-state index contributed by atoms with van der Waals surface area (Å²) in [5.41, 5.74) is -3.41. The van der Waals surface area contributed by atoms with Crippen LogP contribution in [0.4, 0.5) is 13.2 Å². The van der Waals surface area contributed by atoms with Gasteiger partial charge in [0.05, 0.1) is 20.8 Å². The van der Waals surface area contributed by atoms with E-state index in [9.17, 15) is 31.2 Å². The molecule has 0 spiro atoms. The minimum atomic E-state index is -5.23. The first-order chi connectivity index (χ1) is 16.5. The number of carbonyl (C=O) groups excluding carboxylic acids is 2. The molecule has 0 radical (unpaired) electrons. The number of alkyl halides is 3. The summed E-state index contributed by atoms with van der Waals surface area (Å²) in [7, 11) is -5.09. The van der Waals surface area contributed by atoms with Crippen molar-refractivity contribution in [3.63, 3.8) is 0 Å². The average Bonchev–Trinajstić information content (AvgIpc) is 2.73. The Bertz CT molecular complexity index is 1110. The maximum absolute atomic E-state index is 13.6. The fourth-order valence-corrected chi connectivity index (χ4v) is 8.54. The summed E-state index contributed by atoms with van der Waals surface area (Å²) >= 11 is 10.1. The van der Waals surface area contributed by atoms with Gasteiger partial charge in [-0.25, -0.2) is 0 Å². The molecule has 5 unspecified atom stereocenters. The number of hydrogen-bond acceptors (Lipinski definition) is 6. The maximum Gasteiger partial charge on any atom is 0.429 e. The maximum atomic E-state index is 13.6. The highest BCUT2D eigenvalue weighted by atomic mass is 79.9. The van der Waals surface area contributed by atoms with Gasteiger partial charge in [0.2, 0.25) is 5.60 Å². The monoisotopic (exact) mass is 726 g/mol. The van der Waals surface area contributed by atoms with Crippen LogP contribution in [0.5, 0.6) is 5.75 Å². The second-order valence-electron chi connectivity index (χ2n) is 9.40. The van der Waals surface area contributed by atoms with Gasteiger partial charge >= 0.3 is 18.1 Å². The highest BCUT2D eigenvalue weighted by Gasteiger charge is 2.58. The van der Waals surface area contributed by atoms with Crippen molar-refractivity contribution >= 4 is 69.8 Å². The number of halogens is 6. The van der Waals surface area contributed by atoms with Gasteiger partial charge in [0, 0.05) is 4.47 Å². The molecule has 0 amide bonds. The van der Waals surface area contributed by atoms with E-state index in [0.717, 1.165) is 4.47 Å². The molecule has 2 fully saturated rings. The van der Waals surface area contributed by atoms with Crippen molar-refractivity contribution in [3.05, 3.63) is 25.6 Å². The van der Waals surface area contributed by atoms with Crippen molar-refractivity contribution in [1.82, 2.24) is 0 Å². The van der Waals surface area contributed by atoms with Crippen LogP contribution >= 0.6 is 47.8 Å². The lowest BCUT2D eigenvalue weighted by atomic mass is 9.61. The lowest BCUT2D eigenvalue weighted by Gasteiger charge is -2.44. The molecule has 14 heteroatoms. The molecule has 1 aromatic carbocycles. The molecule has 7 nitrogen and oxygen atoms in total. The molecule has 2 saturated carbocycles. The molecular weight excluding hydrogens is 705 g/mol. The standard InChI is InChI=1S/C22H24Br3F3O7S/c1-21(22(26,27)28,10-36(31,32)33)35-20(30)15-7-3-4-12-13(15)5-2-6-14(12)19(29)34-18-16(24)8-11(23)9-17(18)25/h8-9,12-15H,2-7,10H2,1H3,(H,31,32,33). The van der Waals surface area contributed by atoms with E-state index in [4.69, 9.17) is 14.0 Å². The van der Waals surface area contributed by atoms with E-state index in [1.54, 1.807) is 12.1 Å². The molecule has 0 aliphatic heterocycles. The van der Waals surface area contributed by atoms with Crippen LogP contribution in [-0.2, 0) is 24.4 Å². The summed E-state index contributed by atoms with van der Waals surface area (Å²) in [5.74, 6) is -5.40. The lowest BCUT2D eigenvalue weighted by molar-refractivity contribution is -0.259. The largest absolute Gasteiger partial charge is 0.448 e. The highest BCUT2D eigenvalue weighted by molar-refractivity contribution is 9.11. The molecule has 2 aliphatic carbocycles. The summed E-state index contributed by atoms with van der Waals surface area (Å²) in [4.78, 5) is 26.1. The molecule has 1 aromatic rings. The van der Waals surface area contributed by atoms with Gasteiger partial charge in [-0.3, -0.25) is 14.1 Å². The number of ether oxygens (including phenoxy) is 2. The summed E-state index contributed by atoms with van der Waals surface area (Å²) in [6, 6.07) is 3.43. The molecule has 0 saturated heterocycles. The first-order valence-corrected chi connectivity index (χ1v) is 15.1. The number of rotatable bonds is 6. The van der Waals surface area contributed by atoms with Crippen LogP contribution < -0.4 is 4.74 Å². The summed E-state index contributed by atoms with van der Waals surface area (Å²) in [6.45, 7) is 0.425. The predicted molar refractivity (Wildman–Crippen MR) is 134 cm³/mol. The Labute approximate surface area is 232 Å². The van der Waals surface area contributed by atoms with Crippen LogP contribution in [0.3, 0.4) is 0 Å². The summed E-state index contributed by atoms with van der Waals surface area (Å²) < 4.78 is 84.6. The first kappa shape index (κ1) is 29.9. The molecule has 0 aromatic heterocycles. The molecule has 3 rings (SSSR count). The first-order valence-electron chi connectivity index (χ1n) is 11.1. The van der Waals surface area contributed by atoms with Gasteiger partial charge in [0.1, 0.15) is 5.75 Å². The van der Waals surface area contributed by atoms with Gasteiger partial charge < -0.3 is 9.47 Å². The summed E-state index contributed by atoms with van der Waals surface area (Å²) in [6.07, 6.45) is -2.30. The van der Waals surface area contributed by atoms with Crippen molar-refractivity contribution in [1.29, 1.82) is 0 Å². The zero-order valence-electron chi connectivity index (χ0n) is 19.0. The Morgan fingerprint density at radius 1 is 0.972 bits per heavy atom. The Hall–Kier alpha value is -0.700. The van der Waals surface area contributed by atoms with E-state index in [2.05, 4.69) is 47.8 Å². The minimum absolute atomic E-state index is 0.255. The summed E-state index contributed by atoms with van der Waals surface area (Å²) in [5, 5.41) is 0. The molecule has 2 aliphatic rings. The van der Waals surface area contributed by atoms with Crippen molar-refractivity contribution in [3.8, 4) is 5.75 Å². The Morgan fingerprint density at radius 3 is 1.89 bits per heavy atom. The second-order valence-corrected chi connectivity index (χ2v) is 13.5. The van der Waals surface area contributed by atoms with Gasteiger partial charge in [0.15, 0.2) is 5.75 Å². The van der Waals surface area contributed by atoms with Gasteiger partial charge in [-0.2, -0.15) is 21.6 Å². The smallest absolute Gasteiger partial charge is 0.429 e. The Balaban J connectivity index is 1.80. The zero-order valence-corrected chi connectivity index (χ0v) is 24.6. The van der Waals surface area contributed by atoms with E-state index in [1.165, 1.54) is 0 Å². The number of hydrogen-bond donors (Lipinski definition) is 1. The van der Waals surface area contributed by atoms with Crippen molar-refractivity contribution < 1.29 is 45.2 Å². The van der Waals surface area contributed by atoms with Crippen LogP contribution in [0.15, 0.2) is 25.6 Å². The van der Waals surface area contributed by atoms with Crippen molar-refractivity contribution in [2.24, 2.45) is 23.7 Å². The SMILES string of the molecule is CC(CS(=O)(=O)O)(OC(=O)C1CCCC2C(C(=O)Oc3c(Br)cc(Br)cc3Br)CCCC12)C(F)(F)F. The third kappa shape index (κ3) is 6.83. The molecule has 1 N–H and O–H groups in total. The number of esters is 2. The van der Waals surface area contributed by atoms with Gasteiger partial charge in [-0.15, -0.1) is 0 Å². The normalized spacial score (nSPS) is 26.4. The van der Waals surface area contributed by atoms with Crippen molar-refractivity contribution in [2.75, 3.05) is 5.75 Å². The fourth-order valence-electron chi connectivity index (χ4n) is 5.21. The lowest BCUT2D eigenvalue weighted by Crippen LogP contribution is -2.53. The topological polar surface area (TPSA) is 107 Å². The quantitative estimate of drug-likeness (QED) is 0.204. The molecule has 5 atom stereocenters. The second kappa shape index (κ2) is 11.2. The van der Waals surface area contributed by atoms with Crippen LogP contribution in [-0.4, -0.2) is 42.4 Å². The molecule has 0 heterocycles. The Kier molecular flexibility index (Phi) is 9.28. The van der Waals surface area contributed by atoms with Crippen LogP contribution in [0, 0.1) is 23.7 Å². The third-order valence-corrected chi connectivity index (χ3v) is 9.39. The highest BCUT2D eigenvalue weighted by Crippen LogP contribution is 2.49. The van der Waals surface area contributed by atoms with Gasteiger partial charge in [-0.1, -0.05) is 28.8 Å². The Morgan fingerprint density at radius 2 is 1.44 bits per heavy atom. The minimum Gasteiger partial charge on any atom is -0.448 e. The van der Waals surface area contributed by atoms with E-state index < -0.39 is 57.3 Å². The predicted octanol–water partition coefficient (Wildman–Crippen LogP) is 6.46. The van der Waals surface area contributed by atoms with E-state index >= 15 is 0 Å². The zero-order chi connectivity index (χ0) is 27.1. The van der Waals surface area contributed by atoms with Crippen LogP contribution in [0.25, 0.3) is 0 Å². The fraction of sp³-hybridized carbons (Fsp3) is 0.636. The van der Waals surface area contributed by atoms with Crippen LogP contribution in [0.2, 0.25) is 0 Å². The number of benzene rings is 1. The average molecular weight is 729 g/mol. The molecule has 202 valence electrons. The molecule has 0 bridgehead atoms. The molecular formula is C22H24Br3F3O7S. The van der Waals surface area contributed by atoms with Gasteiger partial charge in [0.25, 0.3) is 10.1 Å². The molecule has 36 heavy (non-hydrogen) atoms. The third-order valence-electron chi connectivity index (χ3n) is 6.84. The van der Waals surface area contributed by atoms with Gasteiger partial charge in [-0.05, 0) is 88.4 Å². The number of fused-ring (bicyclic) bond motifs is 1. The van der Waals surface area contributed by atoms with E-state index in [1.807, 2.05) is 0 Å².